The van der Waals surface area contributed by atoms with Gasteiger partial charge in [-0.15, -0.1) is 0 Å². The summed E-state index contributed by atoms with van der Waals surface area (Å²) in [5, 5.41) is 2.75. The normalized spacial score (nSPS) is 12.2. The highest BCUT2D eigenvalue weighted by Gasteiger charge is 2.34. The Balaban J connectivity index is 1.98. The fraction of sp³-hybridized carbons (Fsp3) is 0.333. The van der Waals surface area contributed by atoms with Crippen LogP contribution in [0.3, 0.4) is 0 Å². The third-order valence-corrected chi connectivity index (χ3v) is 3.97. The molecule has 0 aliphatic rings. The molecular weight excluding hydrogens is 349 g/mol. The van der Waals surface area contributed by atoms with Crippen molar-refractivity contribution in [2.24, 2.45) is 0 Å². The Morgan fingerprint density at radius 2 is 1.70 bits per heavy atom. The number of benzene rings is 2. The van der Waals surface area contributed by atoms with E-state index in [1.165, 1.54) is 45.0 Å². The monoisotopic (exact) mass is 373 g/mol. The minimum absolute atomic E-state index is 0.325. The molecule has 0 fully saturated rings. The zero-order chi connectivity index (χ0) is 20.2. The van der Waals surface area contributed by atoms with E-state index in [0.717, 1.165) is 11.1 Å². The molecule has 27 heavy (non-hydrogen) atoms. The van der Waals surface area contributed by atoms with Crippen molar-refractivity contribution in [2.75, 3.05) is 5.32 Å². The van der Waals surface area contributed by atoms with Crippen LogP contribution in [0.25, 0.3) is 0 Å². The van der Waals surface area contributed by atoms with Crippen LogP contribution in [0, 0.1) is 19.7 Å². The summed E-state index contributed by atoms with van der Waals surface area (Å²) in [6.07, 6.45) is -1.01. The number of rotatable bonds is 6. The number of amides is 1. The van der Waals surface area contributed by atoms with Gasteiger partial charge in [0.05, 0.1) is 0 Å². The fourth-order valence-corrected chi connectivity index (χ4v) is 2.38. The highest BCUT2D eigenvalue weighted by Crippen LogP contribution is 2.21. The van der Waals surface area contributed by atoms with Crippen LogP contribution in [0.2, 0.25) is 0 Å². The van der Waals surface area contributed by atoms with Crippen LogP contribution < -0.4 is 10.1 Å². The molecule has 0 aliphatic heterocycles. The minimum atomic E-state index is -1.34. The first-order valence-corrected chi connectivity index (χ1v) is 8.62. The van der Waals surface area contributed by atoms with Gasteiger partial charge in [-0.05, 0) is 70.5 Å². The Morgan fingerprint density at radius 1 is 1.07 bits per heavy atom. The molecule has 2 aromatic rings. The first-order chi connectivity index (χ1) is 12.6. The van der Waals surface area contributed by atoms with Crippen LogP contribution in [-0.4, -0.2) is 23.6 Å². The summed E-state index contributed by atoms with van der Waals surface area (Å²) in [6, 6.07) is 10.9. The van der Waals surface area contributed by atoms with Gasteiger partial charge in [0.1, 0.15) is 11.6 Å². The molecule has 1 amide bonds. The third kappa shape index (κ3) is 5.54. The molecule has 0 spiro atoms. The molecule has 1 N–H and O–H groups in total. The molecule has 2 rings (SSSR count). The van der Waals surface area contributed by atoms with Crippen LogP contribution in [0.5, 0.6) is 5.75 Å². The van der Waals surface area contributed by atoms with Crippen molar-refractivity contribution >= 4 is 17.6 Å². The van der Waals surface area contributed by atoms with E-state index in [2.05, 4.69) is 5.32 Å². The summed E-state index contributed by atoms with van der Waals surface area (Å²) in [5.41, 5.74) is 1.33. The number of esters is 1. The SMILES string of the molecule is Cc1ccc(NC(=O)[C@@H](C)OC(=O)C(C)(C)Oc2ccc(F)cc2)c(C)c1. The number of aryl methyl sites for hydroxylation is 2. The number of nitrogens with one attached hydrogen (secondary N) is 1. The van der Waals surface area contributed by atoms with Crippen LogP contribution in [0.1, 0.15) is 31.9 Å². The van der Waals surface area contributed by atoms with Crippen molar-refractivity contribution < 1.29 is 23.5 Å². The fourth-order valence-electron chi connectivity index (χ4n) is 2.38. The van der Waals surface area contributed by atoms with Crippen molar-refractivity contribution in [1.29, 1.82) is 0 Å². The molecule has 0 aliphatic carbocycles. The molecule has 0 saturated heterocycles. The van der Waals surface area contributed by atoms with Gasteiger partial charge < -0.3 is 14.8 Å². The second-order valence-corrected chi connectivity index (χ2v) is 6.92. The molecule has 0 radical (unpaired) electrons. The maximum Gasteiger partial charge on any atom is 0.350 e. The molecule has 0 unspecified atom stereocenters. The van der Waals surface area contributed by atoms with Crippen molar-refractivity contribution in [1.82, 2.24) is 0 Å². The topological polar surface area (TPSA) is 64.6 Å². The van der Waals surface area contributed by atoms with Gasteiger partial charge in [-0.25, -0.2) is 9.18 Å². The van der Waals surface area contributed by atoms with Crippen LogP contribution in [0.4, 0.5) is 10.1 Å². The average Bonchev–Trinajstić information content (AvgIpc) is 2.59. The standard InChI is InChI=1S/C21H24FNO4/c1-13-6-11-18(14(2)12-13)23-19(24)15(3)26-20(25)21(4,5)27-17-9-7-16(22)8-10-17/h6-12,15H,1-5H3,(H,23,24)/t15-/m1/s1. The maximum atomic E-state index is 13.0. The van der Waals surface area contributed by atoms with E-state index in [4.69, 9.17) is 9.47 Å². The summed E-state index contributed by atoms with van der Waals surface area (Å²) in [6.45, 7) is 8.39. The number of ether oxygens (including phenoxy) is 2. The summed E-state index contributed by atoms with van der Waals surface area (Å²) >= 11 is 0. The smallest absolute Gasteiger partial charge is 0.350 e. The lowest BCUT2D eigenvalue weighted by molar-refractivity contribution is -0.166. The second-order valence-electron chi connectivity index (χ2n) is 6.92. The lowest BCUT2D eigenvalue weighted by Crippen LogP contribution is -2.43. The largest absolute Gasteiger partial charge is 0.476 e. The molecular formula is C21H24FNO4. The van der Waals surface area contributed by atoms with Crippen LogP contribution in [-0.2, 0) is 14.3 Å². The Kier molecular flexibility index (Phi) is 6.20. The van der Waals surface area contributed by atoms with E-state index in [0.29, 0.717) is 11.4 Å². The van der Waals surface area contributed by atoms with E-state index in [-0.39, 0.29) is 0 Å². The Morgan fingerprint density at radius 3 is 2.30 bits per heavy atom. The first kappa shape index (κ1) is 20.4. The summed E-state index contributed by atoms with van der Waals surface area (Å²) < 4.78 is 23.8. The van der Waals surface area contributed by atoms with Gasteiger partial charge in [0.15, 0.2) is 11.7 Å². The summed E-state index contributed by atoms with van der Waals surface area (Å²) in [4.78, 5) is 24.8. The summed E-state index contributed by atoms with van der Waals surface area (Å²) in [5.74, 6) is -1.21. The number of carbonyl (C=O) groups excluding carboxylic acids is 2. The van der Waals surface area contributed by atoms with Gasteiger partial charge in [-0.2, -0.15) is 0 Å². The lowest BCUT2D eigenvalue weighted by Gasteiger charge is -2.26. The molecule has 1 atom stereocenters. The number of carbonyl (C=O) groups is 2. The van der Waals surface area contributed by atoms with Gasteiger partial charge in [-0.3, -0.25) is 4.79 Å². The predicted octanol–water partition coefficient (Wildman–Crippen LogP) is 4.17. The molecule has 144 valence electrons. The maximum absolute atomic E-state index is 13.0. The minimum Gasteiger partial charge on any atom is -0.476 e. The van der Waals surface area contributed by atoms with Crippen molar-refractivity contribution in [3.8, 4) is 5.75 Å². The average molecular weight is 373 g/mol. The predicted molar refractivity (Wildman–Crippen MR) is 101 cm³/mol. The lowest BCUT2D eigenvalue weighted by atomic mass is 10.1. The summed E-state index contributed by atoms with van der Waals surface area (Å²) in [7, 11) is 0. The van der Waals surface area contributed by atoms with Gasteiger partial charge in [0, 0.05) is 5.69 Å². The van der Waals surface area contributed by atoms with Crippen LogP contribution >= 0.6 is 0 Å². The number of hydrogen-bond acceptors (Lipinski definition) is 4. The van der Waals surface area contributed by atoms with E-state index >= 15 is 0 Å². The number of halogens is 1. The van der Waals surface area contributed by atoms with Crippen molar-refractivity contribution in [2.45, 2.75) is 46.3 Å². The molecule has 0 saturated carbocycles. The molecule has 2 aromatic carbocycles. The molecule has 0 aromatic heterocycles. The Bertz CT molecular complexity index is 831. The quantitative estimate of drug-likeness (QED) is 0.772. The van der Waals surface area contributed by atoms with E-state index < -0.39 is 29.4 Å². The Hall–Kier alpha value is -2.89. The van der Waals surface area contributed by atoms with Crippen LogP contribution in [0.15, 0.2) is 42.5 Å². The number of anilines is 1. The number of hydrogen-bond donors (Lipinski definition) is 1. The van der Waals surface area contributed by atoms with Gasteiger partial charge in [0.2, 0.25) is 0 Å². The van der Waals surface area contributed by atoms with Gasteiger partial charge >= 0.3 is 5.97 Å². The highest BCUT2D eigenvalue weighted by atomic mass is 19.1. The molecule has 6 heteroatoms. The van der Waals surface area contributed by atoms with E-state index in [1.807, 2.05) is 26.0 Å². The molecule has 0 bridgehead atoms. The van der Waals surface area contributed by atoms with Gasteiger partial charge in [0.25, 0.3) is 5.91 Å². The van der Waals surface area contributed by atoms with Crippen molar-refractivity contribution in [3.05, 3.63) is 59.4 Å². The Labute approximate surface area is 158 Å². The van der Waals surface area contributed by atoms with Crippen molar-refractivity contribution in [3.63, 3.8) is 0 Å². The van der Waals surface area contributed by atoms with E-state index in [9.17, 15) is 14.0 Å². The molecule has 5 nitrogen and oxygen atoms in total. The zero-order valence-corrected chi connectivity index (χ0v) is 16.1. The zero-order valence-electron chi connectivity index (χ0n) is 16.1. The first-order valence-electron chi connectivity index (χ1n) is 8.62. The molecule has 0 heterocycles. The highest BCUT2D eigenvalue weighted by molar-refractivity contribution is 5.96. The van der Waals surface area contributed by atoms with Gasteiger partial charge in [-0.1, -0.05) is 17.7 Å². The third-order valence-electron chi connectivity index (χ3n) is 3.97. The second kappa shape index (κ2) is 8.20. The van der Waals surface area contributed by atoms with E-state index in [1.54, 1.807) is 6.07 Å².